The van der Waals surface area contributed by atoms with Crippen LogP contribution in [0.15, 0.2) is 47.1 Å². The second kappa shape index (κ2) is 9.50. The van der Waals surface area contributed by atoms with Gasteiger partial charge in [0.2, 0.25) is 5.95 Å². The van der Waals surface area contributed by atoms with Crippen LogP contribution >= 0.6 is 0 Å². The van der Waals surface area contributed by atoms with Crippen LogP contribution in [-0.4, -0.2) is 33.0 Å². The largest absolute Gasteiger partial charge is 0.463 e. The van der Waals surface area contributed by atoms with Crippen molar-refractivity contribution in [3.8, 4) is 11.5 Å². The van der Waals surface area contributed by atoms with Crippen LogP contribution in [0.25, 0.3) is 11.5 Å². The third-order valence-corrected chi connectivity index (χ3v) is 3.80. The van der Waals surface area contributed by atoms with Crippen molar-refractivity contribution in [2.24, 2.45) is 0 Å². The van der Waals surface area contributed by atoms with Crippen molar-refractivity contribution in [1.29, 1.82) is 0 Å². The van der Waals surface area contributed by atoms with Crippen LogP contribution in [0, 0.1) is 0 Å². The number of amides is 2. The van der Waals surface area contributed by atoms with Gasteiger partial charge in [-0.15, -0.1) is 0 Å². The summed E-state index contributed by atoms with van der Waals surface area (Å²) < 4.78 is 10.4. The van der Waals surface area contributed by atoms with E-state index in [0.29, 0.717) is 22.8 Å². The molecular weight excluding hydrogens is 388 g/mol. The standard InChI is InChI=1S/C20H22N6O4/c1-12(2)23-20(28)30-11-14-6-3-5-13(24-14)10-22-18(27)16-9-15(25-19(21)26-16)17-7-4-8-29-17/h3-9,12H,10-11H2,1-2H3,(H,22,27)(H,23,28)(H2,21,25,26). The number of anilines is 1. The average Bonchev–Trinajstić information content (AvgIpc) is 3.25. The zero-order valence-corrected chi connectivity index (χ0v) is 16.6. The first kappa shape index (κ1) is 20.8. The van der Waals surface area contributed by atoms with Crippen LogP contribution in [0.3, 0.4) is 0 Å². The minimum absolute atomic E-state index is 0.0175. The molecule has 10 nitrogen and oxygen atoms in total. The fraction of sp³-hybridized carbons (Fsp3) is 0.250. The van der Waals surface area contributed by atoms with Gasteiger partial charge in [-0.3, -0.25) is 9.78 Å². The molecule has 30 heavy (non-hydrogen) atoms. The van der Waals surface area contributed by atoms with Crippen LogP contribution in [0.1, 0.15) is 35.7 Å². The molecule has 0 saturated heterocycles. The van der Waals surface area contributed by atoms with Crippen molar-refractivity contribution in [1.82, 2.24) is 25.6 Å². The fourth-order valence-electron chi connectivity index (χ4n) is 2.52. The van der Waals surface area contributed by atoms with Crippen molar-refractivity contribution < 1.29 is 18.7 Å². The summed E-state index contributed by atoms with van der Waals surface area (Å²) in [4.78, 5) is 36.5. The molecule has 10 heteroatoms. The molecule has 2 amide bonds. The maximum atomic E-state index is 12.5. The summed E-state index contributed by atoms with van der Waals surface area (Å²) in [5.41, 5.74) is 7.40. The Labute approximate surface area is 172 Å². The number of nitrogen functional groups attached to an aromatic ring is 1. The van der Waals surface area contributed by atoms with Gasteiger partial charge in [-0.05, 0) is 44.2 Å². The van der Waals surface area contributed by atoms with E-state index in [4.69, 9.17) is 14.9 Å². The molecule has 0 atom stereocenters. The van der Waals surface area contributed by atoms with Gasteiger partial charge in [0.15, 0.2) is 5.76 Å². The minimum Gasteiger partial charge on any atom is -0.463 e. The van der Waals surface area contributed by atoms with E-state index in [0.717, 1.165) is 0 Å². The van der Waals surface area contributed by atoms with E-state index in [1.54, 1.807) is 30.3 Å². The number of nitrogens with zero attached hydrogens (tertiary/aromatic N) is 3. The first-order valence-corrected chi connectivity index (χ1v) is 9.25. The van der Waals surface area contributed by atoms with E-state index in [9.17, 15) is 9.59 Å². The molecule has 3 aromatic rings. The predicted octanol–water partition coefficient (Wildman–Crippen LogP) is 2.28. The number of alkyl carbamates (subject to hydrolysis) is 1. The Morgan fingerprint density at radius 2 is 1.93 bits per heavy atom. The number of carbonyl (C=O) groups is 2. The lowest BCUT2D eigenvalue weighted by molar-refractivity contribution is 0.0945. The van der Waals surface area contributed by atoms with Gasteiger partial charge < -0.3 is 25.5 Å². The lowest BCUT2D eigenvalue weighted by atomic mass is 10.2. The van der Waals surface area contributed by atoms with Crippen molar-refractivity contribution in [2.45, 2.75) is 33.0 Å². The third kappa shape index (κ3) is 5.77. The number of ether oxygens (including phenoxy) is 1. The first-order chi connectivity index (χ1) is 14.4. The molecule has 0 unspecified atom stereocenters. The Morgan fingerprint density at radius 3 is 2.67 bits per heavy atom. The molecule has 0 aliphatic rings. The zero-order valence-electron chi connectivity index (χ0n) is 16.6. The first-order valence-electron chi connectivity index (χ1n) is 9.25. The van der Waals surface area contributed by atoms with Crippen LogP contribution in [0.2, 0.25) is 0 Å². The summed E-state index contributed by atoms with van der Waals surface area (Å²) in [5, 5.41) is 5.37. The molecule has 3 rings (SSSR count). The van der Waals surface area contributed by atoms with Gasteiger partial charge in [0, 0.05) is 6.04 Å². The van der Waals surface area contributed by atoms with E-state index < -0.39 is 12.0 Å². The second-order valence-corrected chi connectivity index (χ2v) is 6.65. The van der Waals surface area contributed by atoms with Gasteiger partial charge in [-0.2, -0.15) is 0 Å². The summed E-state index contributed by atoms with van der Waals surface area (Å²) in [6.45, 7) is 3.86. The number of hydrogen-bond donors (Lipinski definition) is 3. The Bertz CT molecular complexity index is 1020. The number of furan rings is 1. The summed E-state index contributed by atoms with van der Waals surface area (Å²) in [6, 6.07) is 10.1. The maximum absolute atomic E-state index is 12.5. The minimum atomic E-state index is -0.515. The number of hydrogen-bond acceptors (Lipinski definition) is 8. The summed E-state index contributed by atoms with van der Waals surface area (Å²) in [7, 11) is 0. The smallest absolute Gasteiger partial charge is 0.407 e. The highest BCUT2D eigenvalue weighted by Gasteiger charge is 2.13. The molecule has 0 bridgehead atoms. The van der Waals surface area contributed by atoms with Crippen LogP contribution in [0.5, 0.6) is 0 Å². The Morgan fingerprint density at radius 1 is 1.13 bits per heavy atom. The van der Waals surface area contributed by atoms with Gasteiger partial charge in [-0.1, -0.05) is 6.07 Å². The molecule has 0 fully saturated rings. The van der Waals surface area contributed by atoms with Gasteiger partial charge in [0.1, 0.15) is 18.0 Å². The molecule has 156 valence electrons. The monoisotopic (exact) mass is 410 g/mol. The number of aromatic nitrogens is 3. The molecule has 0 aromatic carbocycles. The fourth-order valence-corrected chi connectivity index (χ4v) is 2.52. The average molecular weight is 410 g/mol. The quantitative estimate of drug-likeness (QED) is 0.538. The van der Waals surface area contributed by atoms with E-state index in [-0.39, 0.29) is 30.8 Å². The molecular formula is C20H22N6O4. The van der Waals surface area contributed by atoms with E-state index in [1.807, 2.05) is 13.8 Å². The van der Waals surface area contributed by atoms with Crippen LogP contribution in [-0.2, 0) is 17.9 Å². The molecule has 0 aliphatic carbocycles. The molecule has 0 radical (unpaired) electrons. The van der Waals surface area contributed by atoms with E-state index >= 15 is 0 Å². The Kier molecular flexibility index (Phi) is 6.58. The van der Waals surface area contributed by atoms with Gasteiger partial charge >= 0.3 is 6.09 Å². The number of nitrogens with two attached hydrogens (primary N) is 1. The maximum Gasteiger partial charge on any atom is 0.407 e. The van der Waals surface area contributed by atoms with E-state index in [1.165, 1.54) is 12.3 Å². The summed E-state index contributed by atoms with van der Waals surface area (Å²) in [5.74, 6) is 0.0108. The molecule has 0 spiro atoms. The summed E-state index contributed by atoms with van der Waals surface area (Å²) in [6.07, 6.45) is 0.988. The van der Waals surface area contributed by atoms with Gasteiger partial charge in [0.05, 0.1) is 24.2 Å². The Balaban J connectivity index is 1.60. The number of carbonyl (C=O) groups excluding carboxylic acids is 2. The van der Waals surface area contributed by atoms with Crippen molar-refractivity contribution in [3.63, 3.8) is 0 Å². The molecule has 3 aromatic heterocycles. The SMILES string of the molecule is CC(C)NC(=O)OCc1cccc(CNC(=O)c2cc(-c3ccco3)nc(N)n2)n1. The highest BCUT2D eigenvalue weighted by molar-refractivity contribution is 5.93. The number of rotatable bonds is 7. The van der Waals surface area contributed by atoms with Crippen LogP contribution in [0.4, 0.5) is 10.7 Å². The highest BCUT2D eigenvalue weighted by atomic mass is 16.5. The second-order valence-electron chi connectivity index (χ2n) is 6.65. The lowest BCUT2D eigenvalue weighted by Gasteiger charge is -2.10. The highest BCUT2D eigenvalue weighted by Crippen LogP contribution is 2.19. The number of nitrogens with one attached hydrogen (secondary N) is 2. The van der Waals surface area contributed by atoms with Crippen molar-refractivity contribution in [2.75, 3.05) is 5.73 Å². The normalized spacial score (nSPS) is 10.6. The summed E-state index contributed by atoms with van der Waals surface area (Å²) >= 11 is 0. The lowest BCUT2D eigenvalue weighted by Crippen LogP contribution is -2.30. The van der Waals surface area contributed by atoms with Crippen molar-refractivity contribution >= 4 is 17.9 Å². The molecule has 4 N–H and O–H groups in total. The molecule has 3 heterocycles. The van der Waals surface area contributed by atoms with Gasteiger partial charge in [0.25, 0.3) is 5.91 Å². The van der Waals surface area contributed by atoms with Crippen molar-refractivity contribution in [3.05, 3.63) is 59.7 Å². The van der Waals surface area contributed by atoms with Crippen LogP contribution < -0.4 is 16.4 Å². The molecule has 0 saturated carbocycles. The van der Waals surface area contributed by atoms with Gasteiger partial charge in [-0.25, -0.2) is 14.8 Å². The number of pyridine rings is 1. The third-order valence-electron chi connectivity index (χ3n) is 3.80. The van der Waals surface area contributed by atoms with E-state index in [2.05, 4.69) is 25.6 Å². The predicted molar refractivity (Wildman–Crippen MR) is 108 cm³/mol. The molecule has 0 aliphatic heterocycles. The topological polar surface area (TPSA) is 145 Å². The Hall–Kier alpha value is -3.95. The zero-order chi connectivity index (χ0) is 21.5.